The smallest absolute Gasteiger partial charge is 0.289 e. The van der Waals surface area contributed by atoms with Crippen LogP contribution < -0.4 is 5.32 Å². The molecule has 4 aromatic rings. The number of nitrogens with one attached hydrogen (secondary N) is 2. The van der Waals surface area contributed by atoms with E-state index in [1.165, 1.54) is 13.0 Å². The Morgan fingerprint density at radius 2 is 1.91 bits per heavy atom. The Morgan fingerprint density at radius 3 is 2.65 bits per heavy atom. The molecule has 2 N–H and O–H groups in total. The zero-order valence-electron chi connectivity index (χ0n) is 19.2. The molecule has 2 aromatic heterocycles. The van der Waals surface area contributed by atoms with Crippen LogP contribution in [-0.4, -0.2) is 20.9 Å². The summed E-state index contributed by atoms with van der Waals surface area (Å²) < 4.78 is 13.9. The Labute approximate surface area is 197 Å². The summed E-state index contributed by atoms with van der Waals surface area (Å²) in [5.74, 6) is 0.752. The maximum atomic E-state index is 13.9. The van der Waals surface area contributed by atoms with Gasteiger partial charge in [-0.3, -0.25) is 9.78 Å². The average Bonchev–Trinajstić information content (AvgIpc) is 3.27. The van der Waals surface area contributed by atoms with Crippen LogP contribution in [0.4, 0.5) is 10.1 Å². The molecule has 0 bridgehead atoms. The SMILES string of the molecule is [C-]#[N+]C(C)(c1nc2ccc(NC(C)=O)cc2[nH]1)C1CCC(c2ccnc3ccc(F)cc23)CC1. The van der Waals surface area contributed by atoms with Gasteiger partial charge in [-0.05, 0) is 79.6 Å². The lowest BCUT2D eigenvalue weighted by atomic mass is 9.70. The van der Waals surface area contributed by atoms with Crippen molar-refractivity contribution >= 4 is 33.5 Å². The number of halogens is 1. The van der Waals surface area contributed by atoms with Crippen molar-refractivity contribution in [3.8, 4) is 0 Å². The van der Waals surface area contributed by atoms with E-state index in [-0.39, 0.29) is 17.6 Å². The quantitative estimate of drug-likeness (QED) is 0.354. The van der Waals surface area contributed by atoms with Crippen molar-refractivity contribution in [2.45, 2.75) is 51.0 Å². The lowest BCUT2D eigenvalue weighted by Gasteiger charge is -2.33. The van der Waals surface area contributed by atoms with Gasteiger partial charge < -0.3 is 15.1 Å². The summed E-state index contributed by atoms with van der Waals surface area (Å²) >= 11 is 0. The fraction of sp³-hybridized carbons (Fsp3) is 0.333. The molecule has 0 aliphatic heterocycles. The van der Waals surface area contributed by atoms with Crippen molar-refractivity contribution in [2.24, 2.45) is 5.92 Å². The first kappa shape index (κ1) is 22.0. The Morgan fingerprint density at radius 1 is 1.15 bits per heavy atom. The minimum atomic E-state index is -0.773. The van der Waals surface area contributed by atoms with Gasteiger partial charge in [-0.2, -0.15) is 0 Å². The Kier molecular flexibility index (Phi) is 5.52. The fourth-order valence-electron chi connectivity index (χ4n) is 5.33. The van der Waals surface area contributed by atoms with Crippen LogP contribution in [0.3, 0.4) is 0 Å². The van der Waals surface area contributed by atoms with Crippen LogP contribution in [0.15, 0.2) is 48.7 Å². The molecule has 7 heteroatoms. The second kappa shape index (κ2) is 8.53. The van der Waals surface area contributed by atoms with Crippen LogP contribution in [0.5, 0.6) is 0 Å². The third-order valence-electron chi connectivity index (χ3n) is 7.21. The normalized spacial score (nSPS) is 20.1. The minimum absolute atomic E-state index is 0.133. The van der Waals surface area contributed by atoms with E-state index in [1.807, 2.05) is 31.2 Å². The Hall–Kier alpha value is -3.79. The number of benzene rings is 2. The molecule has 1 saturated carbocycles. The number of H-pyrrole nitrogens is 1. The molecule has 1 fully saturated rings. The van der Waals surface area contributed by atoms with Gasteiger partial charge in [0, 0.05) is 37.0 Å². The zero-order chi connectivity index (χ0) is 23.9. The first-order valence-corrected chi connectivity index (χ1v) is 11.6. The average molecular weight is 456 g/mol. The van der Waals surface area contributed by atoms with E-state index < -0.39 is 5.54 Å². The number of rotatable bonds is 4. The number of pyridine rings is 1. The maximum absolute atomic E-state index is 13.9. The summed E-state index contributed by atoms with van der Waals surface area (Å²) in [6.07, 6.45) is 5.43. The molecular formula is C27H26FN5O. The molecule has 0 saturated heterocycles. The Bertz CT molecular complexity index is 1430. The molecule has 0 radical (unpaired) electrons. The summed E-state index contributed by atoms with van der Waals surface area (Å²) in [5, 5.41) is 3.66. The molecule has 1 atom stereocenters. The number of hydrogen-bond acceptors (Lipinski definition) is 3. The number of carbonyl (C=O) groups excluding carboxylic acids is 1. The van der Waals surface area contributed by atoms with Gasteiger partial charge in [-0.25, -0.2) is 15.9 Å². The highest BCUT2D eigenvalue weighted by Crippen LogP contribution is 2.46. The third-order valence-corrected chi connectivity index (χ3v) is 7.21. The first-order chi connectivity index (χ1) is 16.4. The van der Waals surface area contributed by atoms with Crippen LogP contribution in [-0.2, 0) is 10.3 Å². The van der Waals surface area contributed by atoms with Crippen molar-refractivity contribution in [1.29, 1.82) is 0 Å². The highest BCUT2D eigenvalue weighted by molar-refractivity contribution is 5.91. The molecule has 0 spiro atoms. The third kappa shape index (κ3) is 3.90. The standard InChI is InChI=1S/C27H26FN5O/c1-16(34)31-20-9-11-24-25(15-20)33-26(32-24)27(2,29-3)18-6-4-17(5-7-18)21-12-13-30-23-10-8-19(28)14-22(21)23/h8-15,17-18H,4-7H2,1-2H3,(H,31,34)(H,32,33). The van der Waals surface area contributed by atoms with E-state index in [2.05, 4.69) is 20.1 Å². The number of hydrogen-bond donors (Lipinski definition) is 2. The second-order valence-corrected chi connectivity index (χ2v) is 9.37. The maximum Gasteiger partial charge on any atom is 0.289 e. The fourth-order valence-corrected chi connectivity index (χ4v) is 5.33. The van der Waals surface area contributed by atoms with E-state index in [4.69, 9.17) is 11.6 Å². The molecule has 1 aliphatic carbocycles. The van der Waals surface area contributed by atoms with Gasteiger partial charge in [0.2, 0.25) is 5.91 Å². The molecule has 1 amide bonds. The van der Waals surface area contributed by atoms with Crippen LogP contribution in [0.25, 0.3) is 26.8 Å². The molecule has 1 unspecified atom stereocenters. The van der Waals surface area contributed by atoms with Gasteiger partial charge in [0.15, 0.2) is 5.82 Å². The minimum Gasteiger partial charge on any atom is -0.335 e. The number of aromatic nitrogens is 3. The second-order valence-electron chi connectivity index (χ2n) is 9.37. The van der Waals surface area contributed by atoms with Gasteiger partial charge in [-0.1, -0.05) is 0 Å². The van der Waals surface area contributed by atoms with E-state index in [1.54, 1.807) is 18.3 Å². The number of anilines is 1. The monoisotopic (exact) mass is 455 g/mol. The number of nitrogens with zero attached hydrogens (tertiary/aromatic N) is 3. The van der Waals surface area contributed by atoms with E-state index in [0.717, 1.165) is 53.2 Å². The number of imidazole rings is 1. The van der Waals surface area contributed by atoms with Crippen LogP contribution in [0, 0.1) is 18.3 Å². The number of aromatic amines is 1. The van der Waals surface area contributed by atoms with Crippen molar-refractivity contribution in [3.05, 3.63) is 77.3 Å². The summed E-state index contributed by atoms with van der Waals surface area (Å²) in [7, 11) is 0. The molecule has 172 valence electrons. The molecule has 1 aliphatic rings. The number of amides is 1. The van der Waals surface area contributed by atoms with E-state index >= 15 is 0 Å². The molecule has 5 rings (SSSR count). The highest BCUT2D eigenvalue weighted by atomic mass is 19.1. The predicted octanol–water partition coefficient (Wildman–Crippen LogP) is 6.32. The van der Waals surface area contributed by atoms with E-state index in [9.17, 15) is 9.18 Å². The molecule has 6 nitrogen and oxygen atoms in total. The van der Waals surface area contributed by atoms with Crippen molar-refractivity contribution < 1.29 is 9.18 Å². The van der Waals surface area contributed by atoms with E-state index in [0.29, 0.717) is 17.4 Å². The lowest BCUT2D eigenvalue weighted by Crippen LogP contribution is -2.33. The first-order valence-electron chi connectivity index (χ1n) is 11.6. The highest BCUT2D eigenvalue weighted by Gasteiger charge is 2.46. The van der Waals surface area contributed by atoms with Crippen molar-refractivity contribution in [3.63, 3.8) is 0 Å². The van der Waals surface area contributed by atoms with Crippen LogP contribution in [0.1, 0.15) is 56.8 Å². The molecule has 2 heterocycles. The summed E-state index contributed by atoms with van der Waals surface area (Å²) in [5.41, 5.74) is 3.45. The largest absolute Gasteiger partial charge is 0.335 e. The molecular weight excluding hydrogens is 429 g/mol. The Balaban J connectivity index is 1.39. The predicted molar refractivity (Wildman–Crippen MR) is 131 cm³/mol. The van der Waals surface area contributed by atoms with Crippen LogP contribution in [0.2, 0.25) is 0 Å². The topological polar surface area (TPSA) is 75.0 Å². The number of fused-ring (bicyclic) bond motifs is 2. The molecule has 2 aromatic carbocycles. The van der Waals surface area contributed by atoms with Gasteiger partial charge >= 0.3 is 0 Å². The summed E-state index contributed by atoms with van der Waals surface area (Å²) in [6.45, 7) is 11.5. The van der Waals surface area contributed by atoms with Crippen molar-refractivity contribution in [2.75, 3.05) is 5.32 Å². The lowest BCUT2D eigenvalue weighted by molar-refractivity contribution is -0.114. The molecule has 34 heavy (non-hydrogen) atoms. The van der Waals surface area contributed by atoms with Gasteiger partial charge in [-0.15, -0.1) is 0 Å². The van der Waals surface area contributed by atoms with Gasteiger partial charge in [0.25, 0.3) is 5.54 Å². The summed E-state index contributed by atoms with van der Waals surface area (Å²) in [6, 6.07) is 12.3. The van der Waals surface area contributed by atoms with Gasteiger partial charge in [0.1, 0.15) is 5.82 Å². The zero-order valence-corrected chi connectivity index (χ0v) is 19.2. The van der Waals surface area contributed by atoms with Crippen LogP contribution >= 0.6 is 0 Å². The number of carbonyl (C=O) groups is 1. The summed E-state index contributed by atoms with van der Waals surface area (Å²) in [4.78, 5) is 27.9. The van der Waals surface area contributed by atoms with Crippen molar-refractivity contribution in [1.82, 2.24) is 15.0 Å². The van der Waals surface area contributed by atoms with Gasteiger partial charge in [0.05, 0.1) is 16.6 Å².